The van der Waals surface area contributed by atoms with E-state index in [0.29, 0.717) is 24.3 Å². The van der Waals surface area contributed by atoms with Crippen molar-refractivity contribution < 1.29 is 18.0 Å². The summed E-state index contributed by atoms with van der Waals surface area (Å²) in [6, 6.07) is 22.3. The summed E-state index contributed by atoms with van der Waals surface area (Å²) in [5, 5.41) is 0. The summed E-state index contributed by atoms with van der Waals surface area (Å²) in [6.07, 6.45) is -0.935. The van der Waals surface area contributed by atoms with E-state index in [1.807, 2.05) is 76.8 Å². The molecule has 0 aliphatic carbocycles. The molecule has 1 amide bonds. The largest absolute Gasteiger partial charge is 0.416 e. The van der Waals surface area contributed by atoms with Crippen LogP contribution in [-0.2, 0) is 12.7 Å². The third kappa shape index (κ3) is 3.60. The van der Waals surface area contributed by atoms with Gasteiger partial charge in [0, 0.05) is 24.6 Å². The molecule has 32 heavy (non-hydrogen) atoms. The number of rotatable bonds is 3. The van der Waals surface area contributed by atoms with Crippen molar-refractivity contribution in [1.29, 1.82) is 0 Å². The van der Waals surface area contributed by atoms with E-state index < -0.39 is 11.7 Å². The Morgan fingerprint density at radius 1 is 0.812 bits per heavy atom. The van der Waals surface area contributed by atoms with Crippen LogP contribution >= 0.6 is 0 Å². The maximum absolute atomic E-state index is 13.4. The lowest BCUT2D eigenvalue weighted by molar-refractivity contribution is -0.137. The van der Waals surface area contributed by atoms with E-state index in [1.165, 1.54) is 12.1 Å². The van der Waals surface area contributed by atoms with Crippen molar-refractivity contribution in [3.63, 3.8) is 0 Å². The average molecular weight is 435 g/mol. The van der Waals surface area contributed by atoms with Gasteiger partial charge in [0.15, 0.2) is 0 Å². The number of alkyl halides is 3. The van der Waals surface area contributed by atoms with Gasteiger partial charge in [0.05, 0.1) is 23.4 Å². The number of fused-ring (bicyclic) bond motifs is 3. The van der Waals surface area contributed by atoms with Gasteiger partial charge in [-0.05, 0) is 42.0 Å². The van der Waals surface area contributed by atoms with Gasteiger partial charge >= 0.3 is 6.18 Å². The van der Waals surface area contributed by atoms with Crippen LogP contribution < -0.4 is 9.80 Å². The molecule has 3 aromatic rings. The first-order valence-corrected chi connectivity index (χ1v) is 10.3. The molecule has 162 valence electrons. The molecule has 0 N–H and O–H groups in total. The third-order valence-corrected chi connectivity index (χ3v) is 5.82. The topological polar surface area (TPSA) is 26.8 Å². The minimum atomic E-state index is -4.38. The van der Waals surface area contributed by atoms with Crippen molar-refractivity contribution in [3.8, 4) is 0 Å². The Kier molecular flexibility index (Phi) is 4.89. The first-order chi connectivity index (χ1) is 15.4. The molecule has 7 heteroatoms. The lowest BCUT2D eigenvalue weighted by Crippen LogP contribution is -2.46. The summed E-state index contributed by atoms with van der Waals surface area (Å²) >= 11 is 0. The molecule has 3 aromatic carbocycles. The van der Waals surface area contributed by atoms with E-state index in [-0.39, 0.29) is 12.1 Å². The molecule has 5 rings (SSSR count). The Labute approximate surface area is 183 Å². The van der Waals surface area contributed by atoms with E-state index in [9.17, 15) is 18.0 Å². The molecule has 1 atom stereocenters. The van der Waals surface area contributed by atoms with E-state index in [0.717, 1.165) is 23.4 Å². The van der Waals surface area contributed by atoms with Gasteiger partial charge in [-0.3, -0.25) is 4.79 Å². The molecule has 0 radical (unpaired) electrons. The average Bonchev–Trinajstić information content (AvgIpc) is 3.17. The third-order valence-electron chi connectivity index (χ3n) is 5.82. The van der Waals surface area contributed by atoms with Crippen LogP contribution in [0.4, 0.5) is 24.5 Å². The zero-order chi connectivity index (χ0) is 22.3. The highest BCUT2D eigenvalue weighted by Crippen LogP contribution is 2.36. The highest BCUT2D eigenvalue weighted by molar-refractivity contribution is 6.01. The number of carbonyl (C=O) groups is 1. The van der Waals surface area contributed by atoms with Gasteiger partial charge in [0.25, 0.3) is 5.91 Å². The summed E-state index contributed by atoms with van der Waals surface area (Å²) in [4.78, 5) is 19.1. The number of hydrogen-bond donors (Lipinski definition) is 0. The van der Waals surface area contributed by atoms with Crippen molar-refractivity contribution >= 4 is 17.3 Å². The van der Waals surface area contributed by atoms with Crippen molar-refractivity contribution in [3.05, 3.63) is 108 Å². The van der Waals surface area contributed by atoms with E-state index in [4.69, 9.17) is 0 Å². The molecule has 0 saturated heterocycles. The summed E-state index contributed by atoms with van der Waals surface area (Å²) in [5.41, 5.74) is 2.34. The Bertz CT molecular complexity index is 1160. The summed E-state index contributed by atoms with van der Waals surface area (Å²) < 4.78 is 39.0. The second-order valence-corrected chi connectivity index (χ2v) is 7.83. The number of amides is 1. The zero-order valence-corrected chi connectivity index (χ0v) is 17.0. The molecule has 2 aliphatic heterocycles. The summed E-state index contributed by atoms with van der Waals surface area (Å²) in [7, 11) is 0. The molecular weight excluding hydrogens is 415 g/mol. The van der Waals surface area contributed by atoms with Crippen LogP contribution in [0.15, 0.2) is 91.3 Å². The van der Waals surface area contributed by atoms with E-state index >= 15 is 0 Å². The van der Waals surface area contributed by atoms with Crippen LogP contribution in [0.5, 0.6) is 0 Å². The number of nitrogens with zero attached hydrogens (tertiary/aromatic N) is 3. The fourth-order valence-electron chi connectivity index (χ4n) is 4.24. The Morgan fingerprint density at radius 2 is 1.47 bits per heavy atom. The summed E-state index contributed by atoms with van der Waals surface area (Å²) in [5.74, 6) is -0.0698. The standard InChI is InChI=1S/C25H20F3N3O/c26-25(27,28)19-10-12-20(13-11-19)30-14-15-31-22-9-5-4-8-21(22)24(32)29(17-23(30)31)16-18-6-2-1-3-7-18/h1-15,23H,16-17H2. The lowest BCUT2D eigenvalue weighted by atomic mass is 10.1. The molecular formula is C25H20F3N3O. The van der Waals surface area contributed by atoms with Gasteiger partial charge in [-0.25, -0.2) is 0 Å². The second kappa shape index (κ2) is 7.75. The number of halogens is 3. The number of anilines is 2. The zero-order valence-electron chi connectivity index (χ0n) is 17.0. The Morgan fingerprint density at radius 3 is 2.19 bits per heavy atom. The quantitative estimate of drug-likeness (QED) is 0.545. The molecule has 0 bridgehead atoms. The van der Waals surface area contributed by atoms with Crippen LogP contribution in [0.25, 0.3) is 0 Å². The Hall–Kier alpha value is -3.74. The van der Waals surface area contributed by atoms with Crippen LogP contribution in [0, 0.1) is 0 Å². The fourth-order valence-corrected chi connectivity index (χ4v) is 4.24. The lowest BCUT2D eigenvalue weighted by Gasteiger charge is -2.34. The number of hydrogen-bond acceptors (Lipinski definition) is 3. The number of carbonyl (C=O) groups excluding carboxylic acids is 1. The van der Waals surface area contributed by atoms with Gasteiger partial charge in [0.2, 0.25) is 0 Å². The number of para-hydroxylation sites is 1. The van der Waals surface area contributed by atoms with Gasteiger partial charge in [-0.15, -0.1) is 0 Å². The molecule has 4 nitrogen and oxygen atoms in total. The van der Waals surface area contributed by atoms with E-state index in [1.54, 1.807) is 4.90 Å². The number of benzene rings is 3. The molecule has 0 aromatic heterocycles. The summed E-state index contributed by atoms with van der Waals surface area (Å²) in [6.45, 7) is 0.829. The first kappa shape index (κ1) is 20.2. The molecule has 0 fully saturated rings. The van der Waals surface area contributed by atoms with Crippen LogP contribution in [0.3, 0.4) is 0 Å². The Balaban J connectivity index is 1.51. The normalized spacial score (nSPS) is 17.9. The van der Waals surface area contributed by atoms with Gasteiger partial charge < -0.3 is 14.7 Å². The SMILES string of the molecule is O=C1c2ccccc2N2C=CN(c3ccc(C(F)(F)F)cc3)C2CN1Cc1ccccc1. The monoisotopic (exact) mass is 435 g/mol. The van der Waals surface area contributed by atoms with Crippen molar-refractivity contribution in [2.24, 2.45) is 0 Å². The maximum atomic E-state index is 13.4. The minimum absolute atomic E-state index is 0.0698. The van der Waals surface area contributed by atoms with Crippen molar-refractivity contribution in [2.75, 3.05) is 16.3 Å². The van der Waals surface area contributed by atoms with Crippen LogP contribution in [0.2, 0.25) is 0 Å². The van der Waals surface area contributed by atoms with Gasteiger partial charge in [0.1, 0.15) is 6.17 Å². The smallest absolute Gasteiger partial charge is 0.330 e. The minimum Gasteiger partial charge on any atom is -0.330 e. The second-order valence-electron chi connectivity index (χ2n) is 7.83. The van der Waals surface area contributed by atoms with Gasteiger partial charge in [-0.1, -0.05) is 42.5 Å². The molecule has 2 heterocycles. The van der Waals surface area contributed by atoms with Crippen molar-refractivity contribution in [1.82, 2.24) is 4.90 Å². The molecule has 1 unspecified atom stereocenters. The molecule has 0 saturated carbocycles. The van der Waals surface area contributed by atoms with Gasteiger partial charge in [-0.2, -0.15) is 13.2 Å². The van der Waals surface area contributed by atoms with E-state index in [2.05, 4.69) is 0 Å². The first-order valence-electron chi connectivity index (χ1n) is 10.3. The predicted molar refractivity (Wildman–Crippen MR) is 117 cm³/mol. The highest BCUT2D eigenvalue weighted by atomic mass is 19.4. The molecule has 2 aliphatic rings. The highest BCUT2D eigenvalue weighted by Gasteiger charge is 2.38. The van der Waals surface area contributed by atoms with Crippen molar-refractivity contribution in [2.45, 2.75) is 18.9 Å². The predicted octanol–water partition coefficient (Wildman–Crippen LogP) is 5.49. The fraction of sp³-hybridized carbons (Fsp3) is 0.160. The van der Waals surface area contributed by atoms with Crippen LogP contribution in [-0.4, -0.2) is 23.5 Å². The van der Waals surface area contributed by atoms with Crippen LogP contribution in [0.1, 0.15) is 21.5 Å². The maximum Gasteiger partial charge on any atom is 0.416 e. The molecule has 0 spiro atoms.